The molecule has 0 aliphatic carbocycles. The van der Waals surface area contributed by atoms with Gasteiger partial charge in [-0.1, -0.05) is 0 Å². The minimum absolute atomic E-state index is 0.0698. The van der Waals surface area contributed by atoms with Gasteiger partial charge in [-0.05, 0) is 53.3 Å². The van der Waals surface area contributed by atoms with Gasteiger partial charge in [0.1, 0.15) is 5.82 Å². The van der Waals surface area contributed by atoms with Crippen molar-refractivity contribution in [3.63, 3.8) is 0 Å². The molecular formula is C19H25N3O2S. The minimum Gasteiger partial charge on any atom is -0.384 e. The number of hydrogen-bond donors (Lipinski definition) is 0. The summed E-state index contributed by atoms with van der Waals surface area (Å²) in [5.74, 6) is 1.38. The van der Waals surface area contributed by atoms with E-state index in [9.17, 15) is 4.79 Å². The number of pyridine rings is 1. The monoisotopic (exact) mass is 359 g/mol. The molecule has 1 aliphatic rings. The highest BCUT2D eigenvalue weighted by Crippen LogP contribution is 2.20. The summed E-state index contributed by atoms with van der Waals surface area (Å²) in [6, 6.07) is 5.93. The lowest BCUT2D eigenvalue weighted by Crippen LogP contribution is -2.41. The number of likely N-dealkylation sites (tertiary alicyclic amines) is 1. The van der Waals surface area contributed by atoms with E-state index in [1.54, 1.807) is 24.6 Å². The summed E-state index contributed by atoms with van der Waals surface area (Å²) in [5.41, 5.74) is 1.93. The molecule has 2 aromatic heterocycles. The summed E-state index contributed by atoms with van der Waals surface area (Å²) in [4.78, 5) is 21.2. The van der Waals surface area contributed by atoms with E-state index >= 15 is 0 Å². The van der Waals surface area contributed by atoms with Gasteiger partial charge in [-0.25, -0.2) is 4.98 Å². The average Bonchev–Trinajstić information content (AvgIpc) is 3.15. The topological polar surface area (TPSA) is 45.7 Å². The number of methoxy groups -OCH3 is 1. The standard InChI is InChI=1S/C19H25N3O2S/c1-21(11-16-7-9-25-14-16)18-6-5-17(10-20-18)19(23)22-8-3-4-15(12-22)13-24-2/h5-7,9-10,14-15H,3-4,8,11-13H2,1-2H3/t15-/m0/s1. The first-order valence-corrected chi connectivity index (χ1v) is 9.58. The Labute approximate surface area is 153 Å². The van der Waals surface area contributed by atoms with Gasteiger partial charge < -0.3 is 14.5 Å². The zero-order chi connectivity index (χ0) is 17.6. The second kappa shape index (κ2) is 8.45. The van der Waals surface area contributed by atoms with Crippen LogP contribution in [0.4, 0.5) is 5.82 Å². The largest absolute Gasteiger partial charge is 0.384 e. The van der Waals surface area contributed by atoms with Crippen molar-refractivity contribution in [3.05, 3.63) is 46.3 Å². The number of piperidine rings is 1. The van der Waals surface area contributed by atoms with Crippen LogP contribution in [-0.4, -0.2) is 49.6 Å². The van der Waals surface area contributed by atoms with Crippen LogP contribution in [0.25, 0.3) is 0 Å². The highest BCUT2D eigenvalue weighted by Gasteiger charge is 2.24. The van der Waals surface area contributed by atoms with Crippen molar-refractivity contribution in [2.45, 2.75) is 19.4 Å². The zero-order valence-corrected chi connectivity index (χ0v) is 15.7. The van der Waals surface area contributed by atoms with Crippen LogP contribution in [0, 0.1) is 5.92 Å². The highest BCUT2D eigenvalue weighted by atomic mass is 32.1. The first kappa shape index (κ1) is 17.9. The molecule has 0 unspecified atom stereocenters. The molecule has 134 valence electrons. The van der Waals surface area contributed by atoms with Crippen molar-refractivity contribution in [2.75, 3.05) is 38.8 Å². The number of carbonyl (C=O) groups is 1. The summed E-state index contributed by atoms with van der Waals surface area (Å²) < 4.78 is 5.25. The molecule has 0 radical (unpaired) electrons. The van der Waals surface area contributed by atoms with E-state index in [1.807, 2.05) is 24.1 Å². The number of anilines is 1. The third kappa shape index (κ3) is 4.58. The van der Waals surface area contributed by atoms with Crippen LogP contribution in [0.1, 0.15) is 28.8 Å². The van der Waals surface area contributed by atoms with Crippen LogP contribution < -0.4 is 4.90 Å². The Morgan fingerprint density at radius 3 is 3.00 bits per heavy atom. The Morgan fingerprint density at radius 1 is 1.44 bits per heavy atom. The summed E-state index contributed by atoms with van der Waals surface area (Å²) in [6.07, 6.45) is 3.86. The smallest absolute Gasteiger partial charge is 0.255 e. The van der Waals surface area contributed by atoms with E-state index in [-0.39, 0.29) is 5.91 Å². The maximum absolute atomic E-state index is 12.7. The van der Waals surface area contributed by atoms with Crippen molar-refractivity contribution in [1.82, 2.24) is 9.88 Å². The van der Waals surface area contributed by atoms with E-state index in [1.165, 1.54) is 5.56 Å². The van der Waals surface area contributed by atoms with E-state index in [0.717, 1.165) is 38.3 Å². The van der Waals surface area contributed by atoms with Gasteiger partial charge in [-0.2, -0.15) is 11.3 Å². The molecule has 2 aromatic rings. The van der Waals surface area contributed by atoms with Crippen molar-refractivity contribution in [3.8, 4) is 0 Å². The summed E-state index contributed by atoms with van der Waals surface area (Å²) in [7, 11) is 3.73. The fourth-order valence-electron chi connectivity index (χ4n) is 3.28. The lowest BCUT2D eigenvalue weighted by atomic mass is 9.98. The summed E-state index contributed by atoms with van der Waals surface area (Å²) in [5, 5.41) is 4.22. The maximum Gasteiger partial charge on any atom is 0.255 e. The molecule has 0 N–H and O–H groups in total. The van der Waals surface area contributed by atoms with E-state index < -0.39 is 0 Å². The van der Waals surface area contributed by atoms with Gasteiger partial charge in [-0.15, -0.1) is 0 Å². The third-order valence-electron chi connectivity index (χ3n) is 4.59. The Hall–Kier alpha value is -1.92. The van der Waals surface area contributed by atoms with Gasteiger partial charge in [-0.3, -0.25) is 4.79 Å². The number of carbonyl (C=O) groups excluding carboxylic acids is 1. The van der Waals surface area contributed by atoms with E-state index in [4.69, 9.17) is 4.74 Å². The molecule has 1 atom stereocenters. The molecule has 1 amide bonds. The van der Waals surface area contributed by atoms with Gasteiger partial charge in [0.2, 0.25) is 0 Å². The molecule has 3 heterocycles. The van der Waals surface area contributed by atoms with E-state index in [0.29, 0.717) is 18.1 Å². The fraction of sp³-hybridized carbons (Fsp3) is 0.474. The van der Waals surface area contributed by atoms with Crippen molar-refractivity contribution in [1.29, 1.82) is 0 Å². The molecular weight excluding hydrogens is 334 g/mol. The minimum atomic E-state index is 0.0698. The number of hydrogen-bond acceptors (Lipinski definition) is 5. The number of ether oxygens (including phenoxy) is 1. The van der Waals surface area contributed by atoms with Gasteiger partial charge >= 0.3 is 0 Å². The van der Waals surface area contributed by atoms with Crippen LogP contribution in [0.15, 0.2) is 35.2 Å². The Balaban J connectivity index is 1.62. The zero-order valence-electron chi connectivity index (χ0n) is 14.9. The second-order valence-electron chi connectivity index (χ2n) is 6.61. The van der Waals surface area contributed by atoms with Crippen molar-refractivity contribution in [2.24, 2.45) is 5.92 Å². The van der Waals surface area contributed by atoms with Crippen LogP contribution >= 0.6 is 11.3 Å². The molecule has 0 spiro atoms. The Bertz CT molecular complexity index is 670. The van der Waals surface area contributed by atoms with Gasteiger partial charge in [0.05, 0.1) is 12.2 Å². The molecule has 0 saturated carbocycles. The molecule has 3 rings (SSSR count). The molecule has 0 aromatic carbocycles. The molecule has 5 nitrogen and oxygen atoms in total. The molecule has 6 heteroatoms. The van der Waals surface area contributed by atoms with Crippen LogP contribution in [0.5, 0.6) is 0 Å². The van der Waals surface area contributed by atoms with Crippen LogP contribution in [0.3, 0.4) is 0 Å². The molecule has 0 bridgehead atoms. The average molecular weight is 359 g/mol. The maximum atomic E-state index is 12.7. The van der Waals surface area contributed by atoms with Gasteiger partial charge in [0, 0.05) is 40.0 Å². The normalized spacial score (nSPS) is 17.5. The first-order valence-electron chi connectivity index (χ1n) is 8.64. The number of thiophene rings is 1. The lowest BCUT2D eigenvalue weighted by Gasteiger charge is -2.32. The number of aromatic nitrogens is 1. The fourth-order valence-corrected chi connectivity index (χ4v) is 3.94. The van der Waals surface area contributed by atoms with E-state index in [2.05, 4.69) is 26.7 Å². The number of nitrogens with zero attached hydrogens (tertiary/aromatic N) is 3. The third-order valence-corrected chi connectivity index (χ3v) is 5.33. The van der Waals surface area contributed by atoms with Crippen molar-refractivity contribution < 1.29 is 9.53 Å². The SMILES string of the molecule is COC[C@H]1CCCN(C(=O)c2ccc(N(C)Cc3ccsc3)nc2)C1. The first-order chi connectivity index (χ1) is 12.2. The summed E-state index contributed by atoms with van der Waals surface area (Å²) >= 11 is 1.70. The Kier molecular flexibility index (Phi) is 6.04. The second-order valence-corrected chi connectivity index (χ2v) is 7.39. The predicted molar refractivity (Wildman–Crippen MR) is 101 cm³/mol. The molecule has 25 heavy (non-hydrogen) atoms. The quantitative estimate of drug-likeness (QED) is 0.794. The highest BCUT2D eigenvalue weighted by molar-refractivity contribution is 7.07. The predicted octanol–water partition coefficient (Wildman–Crippen LogP) is 3.28. The Morgan fingerprint density at radius 2 is 2.32 bits per heavy atom. The number of rotatable bonds is 6. The van der Waals surface area contributed by atoms with Gasteiger partial charge in [0.25, 0.3) is 5.91 Å². The van der Waals surface area contributed by atoms with Crippen LogP contribution in [0.2, 0.25) is 0 Å². The summed E-state index contributed by atoms with van der Waals surface area (Å²) in [6.45, 7) is 3.12. The molecule has 1 aliphatic heterocycles. The van der Waals surface area contributed by atoms with Crippen LogP contribution in [-0.2, 0) is 11.3 Å². The van der Waals surface area contributed by atoms with Crippen molar-refractivity contribution >= 4 is 23.1 Å². The molecule has 1 fully saturated rings. The molecule has 1 saturated heterocycles. The number of amides is 1. The van der Waals surface area contributed by atoms with Gasteiger partial charge in [0.15, 0.2) is 0 Å². The lowest BCUT2D eigenvalue weighted by molar-refractivity contribution is 0.0570.